The highest BCUT2D eigenvalue weighted by Crippen LogP contribution is 2.28. The number of likely N-dealkylation sites (tertiary alicyclic amines) is 1. The minimum Gasteiger partial charge on any atom is -0.495 e. The number of hydrogen-bond donors (Lipinski definition) is 2. The topological polar surface area (TPSA) is 70.7 Å². The van der Waals surface area contributed by atoms with Gasteiger partial charge in [0.05, 0.1) is 12.1 Å². The van der Waals surface area contributed by atoms with Gasteiger partial charge in [-0.25, -0.2) is 0 Å². The van der Waals surface area contributed by atoms with Gasteiger partial charge in [0.2, 0.25) is 0 Å². The maximum atomic E-state index is 12.1. The van der Waals surface area contributed by atoms with E-state index in [1.54, 1.807) is 18.2 Å². The van der Waals surface area contributed by atoms with E-state index in [1.807, 2.05) is 0 Å². The van der Waals surface area contributed by atoms with Gasteiger partial charge >= 0.3 is 11.8 Å². The molecule has 1 saturated heterocycles. The fraction of sp³-hybridized carbons (Fsp3) is 0.600. The third kappa shape index (κ3) is 5.36. The van der Waals surface area contributed by atoms with Gasteiger partial charge in [0.1, 0.15) is 5.75 Å². The normalized spacial score (nSPS) is 19.0. The molecule has 2 N–H and O–H groups in total. The number of carbonyl (C=O) groups is 2. The second-order valence-electron chi connectivity index (χ2n) is 7.43. The number of hydrogen-bond acceptors (Lipinski definition) is 4. The first-order valence-corrected chi connectivity index (χ1v) is 10.1. The third-order valence-electron chi connectivity index (χ3n) is 5.66. The standard InChI is InChI=1S/C20H28ClN3O3/c1-27-18-7-6-15(12-17(18)21)23-20(26)19(25)22-13-14-8-10-24(11-9-14)16-4-2-3-5-16/h6-7,12,14,16H,2-5,8-11,13H2,1H3,(H,22,25)(H,23,26). The van der Waals surface area contributed by atoms with Gasteiger partial charge < -0.3 is 20.3 Å². The molecular formula is C20H28ClN3O3. The molecule has 0 unspecified atom stereocenters. The average molecular weight is 394 g/mol. The molecule has 0 bridgehead atoms. The summed E-state index contributed by atoms with van der Waals surface area (Å²) < 4.78 is 5.07. The molecule has 3 rings (SSSR count). The van der Waals surface area contributed by atoms with Crippen molar-refractivity contribution < 1.29 is 14.3 Å². The van der Waals surface area contributed by atoms with E-state index in [0.29, 0.717) is 28.9 Å². The van der Waals surface area contributed by atoms with Crippen LogP contribution in [0.15, 0.2) is 18.2 Å². The number of nitrogens with zero attached hydrogens (tertiary/aromatic N) is 1. The van der Waals surface area contributed by atoms with E-state index in [9.17, 15) is 9.59 Å². The summed E-state index contributed by atoms with van der Waals surface area (Å²) in [7, 11) is 1.52. The number of carbonyl (C=O) groups excluding carboxylic acids is 2. The number of methoxy groups -OCH3 is 1. The summed E-state index contributed by atoms with van der Waals surface area (Å²) in [6.07, 6.45) is 7.53. The quantitative estimate of drug-likeness (QED) is 0.754. The van der Waals surface area contributed by atoms with Crippen LogP contribution in [0.25, 0.3) is 0 Å². The predicted octanol–water partition coefficient (Wildman–Crippen LogP) is 3.06. The Morgan fingerprint density at radius 1 is 1.15 bits per heavy atom. The van der Waals surface area contributed by atoms with E-state index in [1.165, 1.54) is 32.8 Å². The van der Waals surface area contributed by atoms with Crippen molar-refractivity contribution in [2.75, 3.05) is 32.1 Å². The van der Waals surface area contributed by atoms with Crippen LogP contribution < -0.4 is 15.4 Å². The molecule has 0 radical (unpaired) electrons. The molecule has 2 fully saturated rings. The molecule has 6 nitrogen and oxygen atoms in total. The Morgan fingerprint density at radius 2 is 1.85 bits per heavy atom. The zero-order valence-electron chi connectivity index (χ0n) is 15.8. The van der Waals surface area contributed by atoms with Crippen molar-refractivity contribution in [3.63, 3.8) is 0 Å². The molecule has 148 valence electrons. The van der Waals surface area contributed by atoms with Gasteiger partial charge in [0.15, 0.2) is 0 Å². The summed E-state index contributed by atoms with van der Waals surface area (Å²) in [5.41, 5.74) is 0.464. The number of halogens is 1. The van der Waals surface area contributed by atoms with Gasteiger partial charge in [0.25, 0.3) is 0 Å². The molecule has 1 aromatic rings. The number of benzene rings is 1. The van der Waals surface area contributed by atoms with E-state index in [4.69, 9.17) is 16.3 Å². The SMILES string of the molecule is COc1ccc(NC(=O)C(=O)NCC2CCN(C3CCCC3)CC2)cc1Cl. The molecule has 0 aromatic heterocycles. The van der Waals surface area contributed by atoms with Crippen molar-refractivity contribution in [2.45, 2.75) is 44.6 Å². The molecule has 27 heavy (non-hydrogen) atoms. The summed E-state index contributed by atoms with van der Waals surface area (Å²) in [5.74, 6) is -0.335. The summed E-state index contributed by atoms with van der Waals surface area (Å²) in [6.45, 7) is 2.75. The van der Waals surface area contributed by atoms with Crippen LogP contribution in [0.4, 0.5) is 5.69 Å². The van der Waals surface area contributed by atoms with Gasteiger partial charge in [-0.1, -0.05) is 24.4 Å². The highest BCUT2D eigenvalue weighted by atomic mass is 35.5. The van der Waals surface area contributed by atoms with Crippen molar-refractivity contribution in [3.05, 3.63) is 23.2 Å². The molecule has 1 aliphatic carbocycles. The van der Waals surface area contributed by atoms with E-state index < -0.39 is 11.8 Å². The molecule has 2 amide bonds. The lowest BCUT2D eigenvalue weighted by Crippen LogP contribution is -2.44. The molecule has 7 heteroatoms. The van der Waals surface area contributed by atoms with E-state index in [0.717, 1.165) is 32.0 Å². The number of piperidine rings is 1. The Hall–Kier alpha value is -1.79. The van der Waals surface area contributed by atoms with Crippen molar-refractivity contribution >= 4 is 29.1 Å². The molecular weight excluding hydrogens is 366 g/mol. The maximum Gasteiger partial charge on any atom is 0.313 e. The smallest absolute Gasteiger partial charge is 0.313 e. The van der Waals surface area contributed by atoms with Crippen LogP contribution in [0, 0.1) is 5.92 Å². The summed E-state index contributed by atoms with van der Waals surface area (Å²) in [4.78, 5) is 26.8. The Labute approximate surface area is 165 Å². The molecule has 1 aliphatic heterocycles. The van der Waals surface area contributed by atoms with Crippen molar-refractivity contribution in [1.29, 1.82) is 0 Å². The lowest BCUT2D eigenvalue weighted by molar-refractivity contribution is -0.136. The fourth-order valence-electron chi connectivity index (χ4n) is 4.04. The number of ether oxygens (including phenoxy) is 1. The monoisotopic (exact) mass is 393 g/mol. The van der Waals surface area contributed by atoms with Crippen LogP contribution in [0.2, 0.25) is 5.02 Å². The van der Waals surface area contributed by atoms with Gasteiger partial charge in [-0.15, -0.1) is 0 Å². The van der Waals surface area contributed by atoms with Crippen molar-refractivity contribution in [3.8, 4) is 5.75 Å². The summed E-state index contributed by atoms with van der Waals surface area (Å²) in [6, 6.07) is 5.62. The molecule has 1 heterocycles. The Balaban J connectivity index is 1.40. The van der Waals surface area contributed by atoms with E-state index >= 15 is 0 Å². The highest BCUT2D eigenvalue weighted by Gasteiger charge is 2.27. The van der Waals surface area contributed by atoms with Crippen LogP contribution in [-0.2, 0) is 9.59 Å². The van der Waals surface area contributed by atoms with Crippen molar-refractivity contribution in [1.82, 2.24) is 10.2 Å². The molecule has 0 spiro atoms. The van der Waals surface area contributed by atoms with Crippen molar-refractivity contribution in [2.24, 2.45) is 5.92 Å². The van der Waals surface area contributed by atoms with Gasteiger partial charge in [0, 0.05) is 18.3 Å². The number of rotatable bonds is 5. The first kappa shape index (κ1) is 20.0. The fourth-order valence-corrected chi connectivity index (χ4v) is 4.30. The van der Waals surface area contributed by atoms with E-state index in [-0.39, 0.29) is 0 Å². The second kappa shape index (κ2) is 9.42. The minimum absolute atomic E-state index is 0.379. The third-order valence-corrected chi connectivity index (χ3v) is 5.95. The van der Waals surface area contributed by atoms with Gasteiger partial charge in [-0.3, -0.25) is 9.59 Å². The van der Waals surface area contributed by atoms with Gasteiger partial charge in [-0.05, 0) is 62.9 Å². The highest BCUT2D eigenvalue weighted by molar-refractivity contribution is 6.40. The first-order chi connectivity index (χ1) is 13.1. The zero-order valence-corrected chi connectivity index (χ0v) is 16.6. The Kier molecular flexibility index (Phi) is 6.96. The Morgan fingerprint density at radius 3 is 2.48 bits per heavy atom. The van der Waals surface area contributed by atoms with Crippen LogP contribution in [-0.4, -0.2) is 49.5 Å². The second-order valence-corrected chi connectivity index (χ2v) is 7.84. The minimum atomic E-state index is -0.681. The molecule has 1 aromatic carbocycles. The summed E-state index contributed by atoms with van der Waals surface area (Å²) >= 11 is 6.03. The number of amides is 2. The largest absolute Gasteiger partial charge is 0.495 e. The zero-order chi connectivity index (χ0) is 19.2. The molecule has 0 atom stereocenters. The number of anilines is 1. The number of nitrogens with one attached hydrogen (secondary N) is 2. The lowest BCUT2D eigenvalue weighted by atomic mass is 9.95. The van der Waals surface area contributed by atoms with Gasteiger partial charge in [-0.2, -0.15) is 0 Å². The van der Waals surface area contributed by atoms with Crippen LogP contribution in [0.3, 0.4) is 0 Å². The average Bonchev–Trinajstić information content (AvgIpc) is 3.21. The van der Waals surface area contributed by atoms with Crippen LogP contribution in [0.1, 0.15) is 38.5 Å². The van der Waals surface area contributed by atoms with E-state index in [2.05, 4.69) is 15.5 Å². The first-order valence-electron chi connectivity index (χ1n) is 9.73. The molecule has 2 aliphatic rings. The maximum absolute atomic E-state index is 12.1. The predicted molar refractivity (Wildman–Crippen MR) is 106 cm³/mol. The van der Waals surface area contributed by atoms with Crippen LogP contribution in [0.5, 0.6) is 5.75 Å². The summed E-state index contributed by atoms with van der Waals surface area (Å²) in [5, 5.41) is 5.71. The Bertz CT molecular complexity index is 668. The lowest BCUT2D eigenvalue weighted by Gasteiger charge is -2.36. The van der Waals surface area contributed by atoms with Crippen LogP contribution >= 0.6 is 11.6 Å². The molecule has 1 saturated carbocycles.